The highest BCUT2D eigenvalue weighted by molar-refractivity contribution is 5.23. The number of rotatable bonds is 5. The maximum absolute atomic E-state index is 13.1. The molecular formula is C16H18FN. The van der Waals surface area contributed by atoms with Gasteiger partial charge in [-0.15, -0.1) is 0 Å². The van der Waals surface area contributed by atoms with Gasteiger partial charge in [-0.3, -0.25) is 0 Å². The Labute approximate surface area is 108 Å². The average Bonchev–Trinajstić information content (AvgIpc) is 2.40. The SMILES string of the molecule is Cc1cc(CNCCc2ccccc2)ccc1F. The van der Waals surface area contributed by atoms with Gasteiger partial charge in [0.2, 0.25) is 0 Å². The third-order valence-corrected chi connectivity index (χ3v) is 2.98. The zero-order chi connectivity index (χ0) is 12.8. The Hall–Kier alpha value is -1.67. The van der Waals surface area contributed by atoms with Crippen LogP contribution in [0.25, 0.3) is 0 Å². The van der Waals surface area contributed by atoms with Crippen LogP contribution in [0.3, 0.4) is 0 Å². The first-order valence-corrected chi connectivity index (χ1v) is 6.25. The lowest BCUT2D eigenvalue weighted by Gasteiger charge is -2.06. The minimum Gasteiger partial charge on any atom is -0.312 e. The van der Waals surface area contributed by atoms with Gasteiger partial charge in [0.05, 0.1) is 0 Å². The highest BCUT2D eigenvalue weighted by atomic mass is 19.1. The van der Waals surface area contributed by atoms with Crippen LogP contribution in [0.1, 0.15) is 16.7 Å². The molecule has 2 aromatic rings. The minimum absolute atomic E-state index is 0.136. The standard InChI is InChI=1S/C16H18FN/c1-13-11-15(7-8-16(13)17)12-18-10-9-14-5-3-2-4-6-14/h2-8,11,18H,9-10,12H2,1H3. The van der Waals surface area contributed by atoms with Gasteiger partial charge in [0, 0.05) is 6.54 Å². The Morgan fingerprint density at radius 1 is 1.00 bits per heavy atom. The van der Waals surface area contributed by atoms with E-state index in [0.717, 1.165) is 25.1 Å². The molecule has 0 radical (unpaired) electrons. The van der Waals surface area contributed by atoms with E-state index in [1.807, 2.05) is 18.2 Å². The fraction of sp³-hybridized carbons (Fsp3) is 0.250. The first-order chi connectivity index (χ1) is 8.75. The Bertz CT molecular complexity index is 494. The van der Waals surface area contributed by atoms with E-state index in [0.29, 0.717) is 5.56 Å². The van der Waals surface area contributed by atoms with Crippen LogP contribution in [-0.2, 0) is 13.0 Å². The van der Waals surface area contributed by atoms with Gasteiger partial charge >= 0.3 is 0 Å². The van der Waals surface area contributed by atoms with E-state index >= 15 is 0 Å². The van der Waals surface area contributed by atoms with Gasteiger partial charge in [-0.1, -0.05) is 42.5 Å². The van der Waals surface area contributed by atoms with E-state index in [1.165, 1.54) is 11.6 Å². The molecule has 2 aromatic carbocycles. The van der Waals surface area contributed by atoms with Crippen molar-refractivity contribution in [2.75, 3.05) is 6.54 Å². The predicted octanol–water partition coefficient (Wildman–Crippen LogP) is 3.47. The van der Waals surface area contributed by atoms with Crippen LogP contribution in [-0.4, -0.2) is 6.54 Å². The van der Waals surface area contributed by atoms with Crippen molar-refractivity contribution in [3.8, 4) is 0 Å². The second-order valence-electron chi connectivity index (χ2n) is 4.50. The summed E-state index contributed by atoms with van der Waals surface area (Å²) in [4.78, 5) is 0. The van der Waals surface area contributed by atoms with E-state index in [4.69, 9.17) is 0 Å². The van der Waals surface area contributed by atoms with Gasteiger partial charge in [-0.2, -0.15) is 0 Å². The average molecular weight is 243 g/mol. The highest BCUT2D eigenvalue weighted by Gasteiger charge is 1.98. The van der Waals surface area contributed by atoms with Crippen molar-refractivity contribution in [2.45, 2.75) is 19.9 Å². The molecule has 2 heteroatoms. The molecule has 0 fully saturated rings. The summed E-state index contributed by atoms with van der Waals surface area (Å²) in [5, 5.41) is 3.37. The van der Waals surface area contributed by atoms with E-state index in [2.05, 4.69) is 29.6 Å². The Morgan fingerprint density at radius 2 is 1.78 bits per heavy atom. The minimum atomic E-state index is -0.136. The van der Waals surface area contributed by atoms with Crippen LogP contribution in [0.15, 0.2) is 48.5 Å². The summed E-state index contributed by atoms with van der Waals surface area (Å²) >= 11 is 0. The molecule has 0 atom stereocenters. The molecule has 2 rings (SSSR count). The van der Waals surface area contributed by atoms with Crippen LogP contribution in [0.4, 0.5) is 4.39 Å². The Morgan fingerprint density at radius 3 is 2.50 bits per heavy atom. The number of aryl methyl sites for hydroxylation is 1. The van der Waals surface area contributed by atoms with Gasteiger partial charge in [0.1, 0.15) is 5.82 Å². The summed E-state index contributed by atoms with van der Waals surface area (Å²) in [5.74, 6) is -0.136. The lowest BCUT2D eigenvalue weighted by molar-refractivity contribution is 0.615. The summed E-state index contributed by atoms with van der Waals surface area (Å²) in [6.45, 7) is 3.51. The van der Waals surface area contributed by atoms with Gasteiger partial charge in [0.15, 0.2) is 0 Å². The maximum atomic E-state index is 13.1. The van der Waals surface area contributed by atoms with Crippen molar-refractivity contribution in [3.63, 3.8) is 0 Å². The smallest absolute Gasteiger partial charge is 0.126 e. The summed E-state index contributed by atoms with van der Waals surface area (Å²) in [5.41, 5.74) is 3.17. The molecule has 0 aliphatic carbocycles. The molecule has 1 nitrogen and oxygen atoms in total. The quantitative estimate of drug-likeness (QED) is 0.793. The second kappa shape index (κ2) is 6.31. The van der Waals surface area contributed by atoms with Crippen LogP contribution < -0.4 is 5.32 Å². The Kier molecular flexibility index (Phi) is 4.48. The molecular weight excluding hydrogens is 225 g/mol. The van der Waals surface area contributed by atoms with E-state index < -0.39 is 0 Å². The van der Waals surface area contributed by atoms with Crippen molar-refractivity contribution in [1.29, 1.82) is 0 Å². The zero-order valence-electron chi connectivity index (χ0n) is 10.6. The molecule has 0 aromatic heterocycles. The van der Waals surface area contributed by atoms with E-state index in [9.17, 15) is 4.39 Å². The lowest BCUT2D eigenvalue weighted by atomic mass is 10.1. The number of benzene rings is 2. The molecule has 0 saturated carbocycles. The van der Waals surface area contributed by atoms with Crippen LogP contribution in [0, 0.1) is 12.7 Å². The lowest BCUT2D eigenvalue weighted by Crippen LogP contribution is -2.16. The molecule has 1 N–H and O–H groups in total. The Balaban J connectivity index is 1.77. The van der Waals surface area contributed by atoms with Gasteiger partial charge in [-0.25, -0.2) is 4.39 Å². The summed E-state index contributed by atoms with van der Waals surface area (Å²) < 4.78 is 13.1. The van der Waals surface area contributed by atoms with Gasteiger partial charge < -0.3 is 5.32 Å². The normalized spacial score (nSPS) is 10.6. The van der Waals surface area contributed by atoms with Crippen molar-refractivity contribution in [2.24, 2.45) is 0 Å². The molecule has 0 spiro atoms. The second-order valence-corrected chi connectivity index (χ2v) is 4.50. The predicted molar refractivity (Wildman–Crippen MR) is 73.0 cm³/mol. The maximum Gasteiger partial charge on any atom is 0.126 e. The van der Waals surface area contributed by atoms with Crippen LogP contribution in [0.5, 0.6) is 0 Å². The van der Waals surface area contributed by atoms with Crippen LogP contribution in [0.2, 0.25) is 0 Å². The third-order valence-electron chi connectivity index (χ3n) is 2.98. The van der Waals surface area contributed by atoms with Crippen LogP contribution >= 0.6 is 0 Å². The molecule has 0 unspecified atom stereocenters. The van der Waals surface area contributed by atoms with Gasteiger partial charge in [-0.05, 0) is 42.6 Å². The summed E-state index contributed by atoms with van der Waals surface area (Å²) in [6.07, 6.45) is 1.01. The number of hydrogen-bond donors (Lipinski definition) is 1. The van der Waals surface area contributed by atoms with Crippen molar-refractivity contribution in [3.05, 3.63) is 71.0 Å². The van der Waals surface area contributed by atoms with Crippen molar-refractivity contribution < 1.29 is 4.39 Å². The van der Waals surface area contributed by atoms with Gasteiger partial charge in [0.25, 0.3) is 0 Å². The fourth-order valence-corrected chi connectivity index (χ4v) is 1.93. The molecule has 94 valence electrons. The molecule has 0 amide bonds. The number of nitrogens with one attached hydrogen (secondary N) is 1. The van der Waals surface area contributed by atoms with Crippen molar-refractivity contribution >= 4 is 0 Å². The topological polar surface area (TPSA) is 12.0 Å². The third kappa shape index (κ3) is 3.67. The monoisotopic (exact) mass is 243 g/mol. The van der Waals surface area contributed by atoms with Crippen molar-refractivity contribution in [1.82, 2.24) is 5.32 Å². The number of halogens is 1. The van der Waals surface area contributed by atoms with E-state index in [1.54, 1.807) is 6.92 Å². The molecule has 0 bridgehead atoms. The summed E-state index contributed by atoms with van der Waals surface area (Å²) in [7, 11) is 0. The molecule has 0 saturated heterocycles. The fourth-order valence-electron chi connectivity index (χ4n) is 1.93. The first kappa shape index (κ1) is 12.8. The zero-order valence-corrected chi connectivity index (χ0v) is 10.6. The molecule has 18 heavy (non-hydrogen) atoms. The molecule has 0 aliphatic rings. The number of hydrogen-bond acceptors (Lipinski definition) is 1. The largest absolute Gasteiger partial charge is 0.312 e. The first-order valence-electron chi connectivity index (χ1n) is 6.25. The molecule has 0 heterocycles. The highest BCUT2D eigenvalue weighted by Crippen LogP contribution is 2.08. The van der Waals surface area contributed by atoms with E-state index in [-0.39, 0.29) is 5.82 Å². The summed E-state index contributed by atoms with van der Waals surface area (Å²) in [6, 6.07) is 15.6. The molecule has 0 aliphatic heterocycles.